The molecule has 1 unspecified atom stereocenters. The minimum atomic E-state index is 0.279. The maximum atomic E-state index is 5.91. The molecule has 1 atom stereocenters. The summed E-state index contributed by atoms with van der Waals surface area (Å²) < 4.78 is 1.84. The van der Waals surface area contributed by atoms with Crippen molar-refractivity contribution < 1.29 is 0 Å². The highest BCUT2D eigenvalue weighted by molar-refractivity contribution is 5.10. The van der Waals surface area contributed by atoms with Crippen LogP contribution in [-0.2, 0) is 7.05 Å². The van der Waals surface area contributed by atoms with Gasteiger partial charge in [-0.05, 0) is 33.0 Å². The van der Waals surface area contributed by atoms with Crippen molar-refractivity contribution in [2.75, 3.05) is 39.8 Å². The lowest BCUT2D eigenvalue weighted by Crippen LogP contribution is -2.36. The quantitative estimate of drug-likeness (QED) is 0.797. The number of hydrogen-bond donors (Lipinski definition) is 1. The van der Waals surface area contributed by atoms with Gasteiger partial charge >= 0.3 is 0 Å². The van der Waals surface area contributed by atoms with Crippen LogP contribution in [0.3, 0.4) is 0 Å². The third kappa shape index (κ3) is 3.31. The van der Waals surface area contributed by atoms with Crippen molar-refractivity contribution in [2.45, 2.75) is 18.9 Å². The second-order valence-electron chi connectivity index (χ2n) is 5.23. The molecule has 1 aromatic heterocycles. The Morgan fingerprint density at radius 1 is 1.44 bits per heavy atom. The minimum absolute atomic E-state index is 0.279. The van der Waals surface area contributed by atoms with E-state index in [-0.39, 0.29) is 6.04 Å². The Hall–Kier alpha value is -0.910. The number of hydrogen-bond acceptors (Lipinski definition) is 4. The zero-order chi connectivity index (χ0) is 13.0. The van der Waals surface area contributed by atoms with Crippen molar-refractivity contribution in [1.82, 2.24) is 19.6 Å². The molecule has 1 aromatic rings. The number of aryl methyl sites for hydroxylation is 1. The normalized spacial score (nSPS) is 18.7. The van der Waals surface area contributed by atoms with Crippen molar-refractivity contribution in [1.29, 1.82) is 0 Å². The van der Waals surface area contributed by atoms with Gasteiger partial charge in [0.25, 0.3) is 0 Å². The lowest BCUT2D eigenvalue weighted by atomic mass is 10.1. The lowest BCUT2D eigenvalue weighted by Gasteiger charge is -2.28. The van der Waals surface area contributed by atoms with Crippen molar-refractivity contribution in [3.63, 3.8) is 0 Å². The van der Waals surface area contributed by atoms with Crippen molar-refractivity contribution in [3.05, 3.63) is 18.0 Å². The molecule has 1 fully saturated rings. The highest BCUT2D eigenvalue weighted by Crippen LogP contribution is 2.17. The van der Waals surface area contributed by atoms with E-state index < -0.39 is 0 Å². The van der Waals surface area contributed by atoms with E-state index in [1.807, 2.05) is 17.9 Å². The molecule has 0 bridgehead atoms. The smallest absolute Gasteiger partial charge is 0.0538 e. The van der Waals surface area contributed by atoms with Gasteiger partial charge in [-0.1, -0.05) is 0 Å². The van der Waals surface area contributed by atoms with Crippen LogP contribution in [0.15, 0.2) is 12.4 Å². The average Bonchev–Trinajstić information content (AvgIpc) is 2.99. The number of nitrogens with two attached hydrogens (primary N) is 1. The average molecular weight is 251 g/mol. The third-order valence-electron chi connectivity index (χ3n) is 3.83. The van der Waals surface area contributed by atoms with Gasteiger partial charge in [-0.25, -0.2) is 0 Å². The Bertz CT molecular complexity index is 356. The third-order valence-corrected chi connectivity index (χ3v) is 3.83. The van der Waals surface area contributed by atoms with Crippen LogP contribution >= 0.6 is 0 Å². The summed E-state index contributed by atoms with van der Waals surface area (Å²) in [7, 11) is 4.10. The van der Waals surface area contributed by atoms with Gasteiger partial charge in [0, 0.05) is 44.5 Å². The molecule has 1 aliphatic rings. The van der Waals surface area contributed by atoms with Gasteiger partial charge in [-0.2, -0.15) is 5.10 Å². The molecule has 0 saturated carbocycles. The SMILES string of the molecule is CN(CCN1CCCC1)C(CN)c1cnn(C)c1. The fraction of sp³-hybridized carbons (Fsp3) is 0.769. The van der Waals surface area contributed by atoms with Crippen LogP contribution in [0, 0.1) is 0 Å². The van der Waals surface area contributed by atoms with E-state index in [4.69, 9.17) is 5.73 Å². The Kier molecular flexibility index (Phi) is 4.74. The molecule has 0 aromatic carbocycles. The highest BCUT2D eigenvalue weighted by atomic mass is 15.3. The zero-order valence-corrected chi connectivity index (χ0v) is 11.5. The molecular weight excluding hydrogens is 226 g/mol. The standard InChI is InChI=1S/C13H25N5/c1-16(7-8-18-5-3-4-6-18)13(9-14)12-10-15-17(2)11-12/h10-11,13H,3-9,14H2,1-2H3. The predicted molar refractivity (Wildman–Crippen MR) is 73.3 cm³/mol. The molecule has 18 heavy (non-hydrogen) atoms. The Morgan fingerprint density at radius 3 is 2.72 bits per heavy atom. The van der Waals surface area contributed by atoms with Crippen LogP contribution in [0.5, 0.6) is 0 Å². The van der Waals surface area contributed by atoms with Crippen LogP contribution in [0.2, 0.25) is 0 Å². The molecule has 1 saturated heterocycles. The number of nitrogens with zero attached hydrogens (tertiary/aromatic N) is 4. The van der Waals surface area contributed by atoms with E-state index in [9.17, 15) is 0 Å². The van der Waals surface area contributed by atoms with Gasteiger partial charge in [-0.15, -0.1) is 0 Å². The van der Waals surface area contributed by atoms with Crippen molar-refractivity contribution in [2.24, 2.45) is 12.8 Å². The van der Waals surface area contributed by atoms with Crippen LogP contribution < -0.4 is 5.73 Å². The van der Waals surface area contributed by atoms with Crippen LogP contribution in [0.25, 0.3) is 0 Å². The summed E-state index contributed by atoms with van der Waals surface area (Å²) in [6.45, 7) is 5.37. The summed E-state index contributed by atoms with van der Waals surface area (Å²) in [5.41, 5.74) is 7.12. The largest absolute Gasteiger partial charge is 0.329 e. The molecule has 102 valence electrons. The predicted octanol–water partition coefficient (Wildman–Crippen LogP) is 0.448. The van der Waals surface area contributed by atoms with E-state index in [0.717, 1.165) is 13.1 Å². The topological polar surface area (TPSA) is 50.3 Å². The summed E-state index contributed by atoms with van der Waals surface area (Å²) in [4.78, 5) is 4.88. The summed E-state index contributed by atoms with van der Waals surface area (Å²) in [5.74, 6) is 0. The molecule has 2 rings (SSSR count). The van der Waals surface area contributed by atoms with Gasteiger partial charge in [0.15, 0.2) is 0 Å². The molecule has 2 heterocycles. The second kappa shape index (κ2) is 6.31. The molecule has 2 N–H and O–H groups in total. The fourth-order valence-corrected chi connectivity index (χ4v) is 2.64. The summed E-state index contributed by atoms with van der Waals surface area (Å²) >= 11 is 0. The lowest BCUT2D eigenvalue weighted by molar-refractivity contribution is 0.209. The van der Waals surface area contributed by atoms with E-state index in [0.29, 0.717) is 6.54 Å². The Labute approximate surface area is 110 Å². The van der Waals surface area contributed by atoms with Crippen molar-refractivity contribution in [3.8, 4) is 0 Å². The molecule has 5 nitrogen and oxygen atoms in total. The first-order valence-corrected chi connectivity index (χ1v) is 6.82. The fourth-order valence-electron chi connectivity index (χ4n) is 2.64. The maximum absolute atomic E-state index is 5.91. The number of likely N-dealkylation sites (N-methyl/N-ethyl adjacent to an activating group) is 1. The van der Waals surface area contributed by atoms with E-state index >= 15 is 0 Å². The van der Waals surface area contributed by atoms with Gasteiger partial charge in [-0.3, -0.25) is 9.58 Å². The first-order valence-electron chi connectivity index (χ1n) is 6.82. The van der Waals surface area contributed by atoms with Crippen LogP contribution in [0.1, 0.15) is 24.4 Å². The van der Waals surface area contributed by atoms with Gasteiger partial charge < -0.3 is 10.6 Å². The molecule has 5 heteroatoms. The van der Waals surface area contributed by atoms with Crippen LogP contribution in [-0.4, -0.2) is 59.4 Å². The monoisotopic (exact) mass is 251 g/mol. The van der Waals surface area contributed by atoms with E-state index in [2.05, 4.69) is 28.1 Å². The summed E-state index contributed by atoms with van der Waals surface area (Å²) in [5, 5.41) is 4.23. The Morgan fingerprint density at radius 2 is 2.17 bits per heavy atom. The Balaban J connectivity index is 1.86. The first-order chi connectivity index (χ1) is 8.70. The molecule has 0 amide bonds. The van der Waals surface area contributed by atoms with Crippen LogP contribution in [0.4, 0.5) is 0 Å². The highest BCUT2D eigenvalue weighted by Gasteiger charge is 2.18. The van der Waals surface area contributed by atoms with Gasteiger partial charge in [0.05, 0.1) is 6.20 Å². The minimum Gasteiger partial charge on any atom is -0.329 e. The molecule has 1 aliphatic heterocycles. The molecular formula is C13H25N5. The first kappa shape index (κ1) is 13.5. The molecule has 0 aliphatic carbocycles. The number of rotatable bonds is 6. The number of aromatic nitrogens is 2. The van der Waals surface area contributed by atoms with E-state index in [1.165, 1.54) is 31.5 Å². The van der Waals surface area contributed by atoms with Gasteiger partial charge in [0.2, 0.25) is 0 Å². The summed E-state index contributed by atoms with van der Waals surface area (Å²) in [6.07, 6.45) is 6.69. The van der Waals surface area contributed by atoms with Gasteiger partial charge in [0.1, 0.15) is 0 Å². The zero-order valence-electron chi connectivity index (χ0n) is 11.5. The number of likely N-dealkylation sites (tertiary alicyclic amines) is 1. The second-order valence-corrected chi connectivity index (χ2v) is 5.23. The van der Waals surface area contributed by atoms with E-state index in [1.54, 1.807) is 0 Å². The van der Waals surface area contributed by atoms with Crippen molar-refractivity contribution >= 4 is 0 Å². The molecule has 0 radical (unpaired) electrons. The maximum Gasteiger partial charge on any atom is 0.0538 e. The summed E-state index contributed by atoms with van der Waals surface area (Å²) in [6, 6.07) is 0.279. The molecule has 0 spiro atoms.